The highest BCUT2D eigenvalue weighted by Gasteiger charge is 2.35. The molecule has 0 unspecified atom stereocenters. The summed E-state index contributed by atoms with van der Waals surface area (Å²) < 4.78 is 0. The molecule has 0 saturated heterocycles. The number of aromatic amines is 1. The van der Waals surface area contributed by atoms with Crippen molar-refractivity contribution in [1.29, 1.82) is 0 Å². The smallest absolute Gasteiger partial charge is 0.311 e. The molecule has 0 bridgehead atoms. The van der Waals surface area contributed by atoms with Crippen LogP contribution in [0.5, 0.6) is 0 Å². The maximum Gasteiger partial charge on any atom is 0.311 e. The standard InChI is InChI=1S/C16H16N2O2.H3N/c1-18-8-10(16(19)20)5-12-11-3-2-4-13-15(11)9(7-17-13)6-14(12)18;/h2-5,7,10,14,17H,6,8H2,1H3,(H,19,20);1H3/t10-,14-;/m1./s1. The Morgan fingerprint density at radius 3 is 3.00 bits per heavy atom. The van der Waals surface area contributed by atoms with Crippen LogP contribution in [0.1, 0.15) is 11.1 Å². The molecule has 2 atom stereocenters. The molecule has 0 spiro atoms. The zero-order valence-electron chi connectivity index (χ0n) is 12.0. The highest BCUT2D eigenvalue weighted by Crippen LogP contribution is 2.40. The van der Waals surface area contributed by atoms with Crippen molar-refractivity contribution in [2.75, 3.05) is 13.6 Å². The van der Waals surface area contributed by atoms with Crippen molar-refractivity contribution in [3.8, 4) is 0 Å². The number of carboxylic acids is 1. The number of hydrogen-bond donors (Lipinski definition) is 3. The van der Waals surface area contributed by atoms with E-state index in [1.807, 2.05) is 19.2 Å². The largest absolute Gasteiger partial charge is 0.481 e. The van der Waals surface area contributed by atoms with Crippen LogP contribution in [0.4, 0.5) is 0 Å². The summed E-state index contributed by atoms with van der Waals surface area (Å²) in [6.45, 7) is 0.583. The number of aromatic nitrogens is 1. The first-order valence-electron chi connectivity index (χ1n) is 6.89. The summed E-state index contributed by atoms with van der Waals surface area (Å²) in [5.74, 6) is -1.16. The second kappa shape index (κ2) is 4.72. The van der Waals surface area contributed by atoms with Crippen LogP contribution in [0, 0.1) is 5.92 Å². The molecule has 1 aromatic carbocycles. The minimum atomic E-state index is -0.741. The zero-order valence-corrected chi connectivity index (χ0v) is 12.0. The normalized spacial score (nSPS) is 24.1. The van der Waals surface area contributed by atoms with Crippen LogP contribution in [-0.2, 0) is 11.2 Å². The van der Waals surface area contributed by atoms with Crippen LogP contribution in [-0.4, -0.2) is 40.6 Å². The quantitative estimate of drug-likeness (QED) is 0.749. The molecule has 0 radical (unpaired) electrons. The third-order valence-corrected chi connectivity index (χ3v) is 4.59. The Morgan fingerprint density at radius 2 is 2.24 bits per heavy atom. The van der Waals surface area contributed by atoms with E-state index in [4.69, 9.17) is 0 Å². The van der Waals surface area contributed by atoms with Crippen molar-refractivity contribution in [1.82, 2.24) is 16.0 Å². The Bertz CT molecular complexity index is 747. The predicted octanol–water partition coefficient (Wildman–Crippen LogP) is 2.28. The van der Waals surface area contributed by atoms with Crippen molar-refractivity contribution >= 4 is 22.4 Å². The van der Waals surface area contributed by atoms with Crippen LogP contribution in [0.3, 0.4) is 0 Å². The molecule has 1 aromatic heterocycles. The fourth-order valence-electron chi connectivity index (χ4n) is 3.61. The van der Waals surface area contributed by atoms with Gasteiger partial charge < -0.3 is 16.2 Å². The van der Waals surface area contributed by atoms with Gasteiger partial charge in [0.1, 0.15) is 0 Å². The highest BCUT2D eigenvalue weighted by atomic mass is 16.4. The van der Waals surface area contributed by atoms with Gasteiger partial charge in [0.05, 0.1) is 5.92 Å². The number of nitrogens with one attached hydrogen (secondary N) is 1. The van der Waals surface area contributed by atoms with Crippen molar-refractivity contribution in [2.45, 2.75) is 12.5 Å². The Labute approximate surface area is 122 Å². The average molecular weight is 285 g/mol. The monoisotopic (exact) mass is 285 g/mol. The lowest BCUT2D eigenvalue weighted by atomic mass is 9.80. The second-order valence-corrected chi connectivity index (χ2v) is 5.77. The van der Waals surface area contributed by atoms with Gasteiger partial charge in [0.2, 0.25) is 0 Å². The lowest BCUT2D eigenvalue weighted by molar-refractivity contribution is -0.140. The molecular formula is C16H19N3O2. The Morgan fingerprint density at radius 1 is 1.43 bits per heavy atom. The van der Waals surface area contributed by atoms with Gasteiger partial charge in [-0.05, 0) is 36.2 Å². The van der Waals surface area contributed by atoms with Crippen molar-refractivity contribution < 1.29 is 9.90 Å². The number of carbonyl (C=O) groups is 1. The van der Waals surface area contributed by atoms with Gasteiger partial charge in [-0.3, -0.25) is 9.69 Å². The number of fused-ring (bicyclic) bond motifs is 2. The molecule has 110 valence electrons. The van der Waals surface area contributed by atoms with E-state index >= 15 is 0 Å². The van der Waals surface area contributed by atoms with Crippen LogP contribution in [0.25, 0.3) is 16.5 Å². The van der Waals surface area contributed by atoms with Gasteiger partial charge in [-0.25, -0.2) is 0 Å². The lowest BCUT2D eigenvalue weighted by Gasteiger charge is -2.38. The van der Waals surface area contributed by atoms with E-state index in [1.54, 1.807) is 0 Å². The molecule has 0 saturated carbocycles. The molecule has 1 aliphatic heterocycles. The molecule has 4 rings (SSSR count). The number of H-pyrrole nitrogens is 1. The number of aliphatic carboxylic acids is 1. The predicted molar refractivity (Wildman–Crippen MR) is 82.5 cm³/mol. The molecule has 21 heavy (non-hydrogen) atoms. The van der Waals surface area contributed by atoms with Gasteiger partial charge in [0.15, 0.2) is 0 Å². The molecule has 0 amide bonds. The summed E-state index contributed by atoms with van der Waals surface area (Å²) >= 11 is 0. The average Bonchev–Trinajstić information content (AvgIpc) is 2.84. The SMILES string of the molecule is CN1C[C@H](C(=O)O)C=C2c3cccc4[nH]cc(c34)C[C@H]21.N. The summed E-state index contributed by atoms with van der Waals surface area (Å²) in [4.78, 5) is 16.8. The topological polar surface area (TPSA) is 91.3 Å². The first-order chi connectivity index (χ1) is 9.65. The molecule has 2 aliphatic rings. The van der Waals surface area contributed by atoms with Crippen LogP contribution in [0.2, 0.25) is 0 Å². The van der Waals surface area contributed by atoms with E-state index < -0.39 is 11.9 Å². The summed E-state index contributed by atoms with van der Waals surface area (Å²) in [5, 5.41) is 10.6. The molecule has 5 heteroatoms. The van der Waals surface area contributed by atoms with Crippen molar-refractivity contribution in [3.05, 3.63) is 41.6 Å². The third-order valence-electron chi connectivity index (χ3n) is 4.59. The maximum atomic E-state index is 11.3. The van der Waals surface area contributed by atoms with Gasteiger partial charge in [0, 0.05) is 29.7 Å². The van der Waals surface area contributed by atoms with Crippen LogP contribution in [0.15, 0.2) is 30.5 Å². The minimum Gasteiger partial charge on any atom is -0.481 e. The highest BCUT2D eigenvalue weighted by molar-refractivity contribution is 5.99. The van der Waals surface area contributed by atoms with Crippen molar-refractivity contribution in [2.24, 2.45) is 5.92 Å². The number of rotatable bonds is 1. The van der Waals surface area contributed by atoms with Crippen molar-refractivity contribution in [3.63, 3.8) is 0 Å². The minimum absolute atomic E-state index is 0. The van der Waals surface area contributed by atoms with Gasteiger partial charge in [0.25, 0.3) is 0 Å². The fraction of sp³-hybridized carbons (Fsp3) is 0.312. The zero-order chi connectivity index (χ0) is 13.9. The Hall–Kier alpha value is -2.11. The van der Waals surface area contributed by atoms with E-state index in [-0.39, 0.29) is 6.15 Å². The molecule has 0 fully saturated rings. The van der Waals surface area contributed by atoms with E-state index in [0.29, 0.717) is 12.6 Å². The fourth-order valence-corrected chi connectivity index (χ4v) is 3.61. The van der Waals surface area contributed by atoms with Gasteiger partial charge >= 0.3 is 5.97 Å². The Kier molecular flexibility index (Phi) is 3.11. The second-order valence-electron chi connectivity index (χ2n) is 5.77. The van der Waals surface area contributed by atoms with Gasteiger partial charge in [-0.1, -0.05) is 18.2 Å². The first kappa shape index (κ1) is 13.9. The molecule has 5 N–H and O–H groups in total. The Balaban J connectivity index is 0.00000132. The number of hydrogen-bond acceptors (Lipinski definition) is 3. The van der Waals surface area contributed by atoms with Crippen LogP contribution < -0.4 is 6.15 Å². The number of likely N-dealkylation sites (N-methyl/N-ethyl adjacent to an activating group) is 1. The van der Waals surface area contributed by atoms with E-state index in [0.717, 1.165) is 11.9 Å². The van der Waals surface area contributed by atoms with E-state index in [1.165, 1.54) is 22.1 Å². The summed E-state index contributed by atoms with van der Waals surface area (Å²) in [7, 11) is 2.02. The van der Waals surface area contributed by atoms with Gasteiger partial charge in [-0.15, -0.1) is 0 Å². The lowest BCUT2D eigenvalue weighted by Crippen LogP contribution is -2.44. The van der Waals surface area contributed by atoms with Crippen LogP contribution >= 0.6 is 0 Å². The van der Waals surface area contributed by atoms with E-state index in [2.05, 4.69) is 28.2 Å². The summed E-state index contributed by atoms with van der Waals surface area (Å²) in [6.07, 6.45) is 4.99. The number of carboxylic acid groups (broad SMARTS) is 1. The third kappa shape index (κ3) is 1.89. The summed E-state index contributed by atoms with van der Waals surface area (Å²) in [6, 6.07) is 6.51. The molecule has 2 aromatic rings. The first-order valence-corrected chi connectivity index (χ1v) is 6.89. The molecular weight excluding hydrogens is 266 g/mol. The number of benzene rings is 1. The van der Waals surface area contributed by atoms with Gasteiger partial charge in [-0.2, -0.15) is 0 Å². The maximum absolute atomic E-state index is 11.3. The van der Waals surface area contributed by atoms with E-state index in [9.17, 15) is 9.90 Å². The molecule has 2 heterocycles. The molecule has 1 aliphatic carbocycles. The molecule has 5 nitrogen and oxygen atoms in total. The number of nitrogens with zero attached hydrogens (tertiary/aromatic N) is 1. The summed E-state index contributed by atoms with van der Waals surface area (Å²) in [5.41, 5.74) is 4.83.